The molecule has 0 radical (unpaired) electrons. The van der Waals surface area contributed by atoms with Gasteiger partial charge in [0.25, 0.3) is 0 Å². The summed E-state index contributed by atoms with van der Waals surface area (Å²) in [5.41, 5.74) is 4.30. The Morgan fingerprint density at radius 1 is 0.880 bits per heavy atom. The molecule has 5 nitrogen and oxygen atoms in total. The fourth-order valence-corrected chi connectivity index (χ4v) is 2.34. The van der Waals surface area contributed by atoms with Crippen molar-refractivity contribution in [1.82, 2.24) is 19.9 Å². The molecule has 0 aliphatic rings. The average Bonchev–Trinajstić information content (AvgIpc) is 2.66. The Bertz CT molecular complexity index is 771. The van der Waals surface area contributed by atoms with Crippen LogP contribution in [0.25, 0.3) is 22.8 Å². The molecular weight excluding hydrogens is 310 g/mol. The number of likely N-dealkylation sites (N-methyl/N-ethyl adjacent to an activating group) is 1. The molecule has 3 heterocycles. The van der Waals surface area contributed by atoms with Gasteiger partial charge in [-0.2, -0.15) is 0 Å². The van der Waals surface area contributed by atoms with Crippen LogP contribution in [-0.4, -0.2) is 53.3 Å². The van der Waals surface area contributed by atoms with Crippen LogP contribution in [0.1, 0.15) is 5.56 Å². The van der Waals surface area contributed by atoms with Crippen LogP contribution >= 0.6 is 0 Å². The van der Waals surface area contributed by atoms with Crippen molar-refractivity contribution in [2.24, 2.45) is 4.99 Å². The van der Waals surface area contributed by atoms with Gasteiger partial charge in [0.2, 0.25) is 0 Å². The van der Waals surface area contributed by atoms with E-state index in [1.54, 1.807) is 12.4 Å². The van der Waals surface area contributed by atoms with Crippen molar-refractivity contribution >= 4 is 6.21 Å². The summed E-state index contributed by atoms with van der Waals surface area (Å²) in [4.78, 5) is 20.2. The summed E-state index contributed by atoms with van der Waals surface area (Å²) in [6.07, 6.45) is 5.44. The molecule has 3 aromatic rings. The molecule has 0 N–H and O–H groups in total. The third-order valence-electron chi connectivity index (χ3n) is 3.62. The van der Waals surface area contributed by atoms with Crippen molar-refractivity contribution in [2.45, 2.75) is 0 Å². The van der Waals surface area contributed by atoms with Gasteiger partial charge in [-0.3, -0.25) is 15.0 Å². The first-order valence-electron chi connectivity index (χ1n) is 8.22. The predicted octanol–water partition coefficient (Wildman–Crippen LogP) is 3.19. The van der Waals surface area contributed by atoms with Crippen LogP contribution in [0.3, 0.4) is 0 Å². The van der Waals surface area contributed by atoms with Crippen LogP contribution in [0.4, 0.5) is 0 Å². The Hall–Kier alpha value is -2.92. The zero-order chi connectivity index (χ0) is 17.5. The van der Waals surface area contributed by atoms with Gasteiger partial charge in [0.15, 0.2) is 0 Å². The van der Waals surface area contributed by atoms with Gasteiger partial charge in [0.05, 0.1) is 29.3 Å². The molecule has 3 aromatic heterocycles. The highest BCUT2D eigenvalue weighted by Gasteiger charge is 2.07. The first-order valence-corrected chi connectivity index (χ1v) is 8.22. The lowest BCUT2D eigenvalue weighted by Gasteiger charge is -2.07. The molecule has 0 fully saturated rings. The molecule has 0 aromatic carbocycles. The van der Waals surface area contributed by atoms with Crippen LogP contribution in [0.15, 0.2) is 65.9 Å². The molecule has 0 saturated carbocycles. The van der Waals surface area contributed by atoms with E-state index in [-0.39, 0.29) is 0 Å². The Labute approximate surface area is 148 Å². The maximum absolute atomic E-state index is 4.74. The highest BCUT2D eigenvalue weighted by atomic mass is 15.1. The number of aliphatic imine (C=N–C) groups is 1. The molecule has 0 aliphatic heterocycles. The number of nitrogens with zero attached hydrogens (tertiary/aromatic N) is 5. The molecule has 0 unspecified atom stereocenters. The number of hydrogen-bond donors (Lipinski definition) is 0. The Morgan fingerprint density at radius 3 is 1.96 bits per heavy atom. The lowest BCUT2D eigenvalue weighted by atomic mass is 10.1. The van der Waals surface area contributed by atoms with Gasteiger partial charge in [0, 0.05) is 25.2 Å². The van der Waals surface area contributed by atoms with Crippen molar-refractivity contribution in [3.8, 4) is 22.8 Å². The highest BCUT2D eigenvalue weighted by molar-refractivity contribution is 5.83. The maximum Gasteiger partial charge on any atom is 0.0900 e. The lowest BCUT2D eigenvalue weighted by molar-refractivity contribution is 0.421. The van der Waals surface area contributed by atoms with E-state index in [2.05, 4.69) is 19.9 Å². The molecule has 5 heteroatoms. The number of rotatable bonds is 6. The summed E-state index contributed by atoms with van der Waals surface area (Å²) in [6, 6.07) is 15.6. The van der Waals surface area contributed by atoms with E-state index in [0.717, 1.165) is 41.4 Å². The number of aromatic nitrogens is 3. The summed E-state index contributed by atoms with van der Waals surface area (Å²) in [5, 5.41) is 0. The summed E-state index contributed by atoms with van der Waals surface area (Å²) in [6.45, 7) is 1.68. The van der Waals surface area contributed by atoms with E-state index in [1.165, 1.54) is 0 Å². The van der Waals surface area contributed by atoms with Gasteiger partial charge >= 0.3 is 0 Å². The van der Waals surface area contributed by atoms with E-state index < -0.39 is 0 Å². The summed E-state index contributed by atoms with van der Waals surface area (Å²) in [5.74, 6) is 0. The third-order valence-corrected chi connectivity index (χ3v) is 3.62. The summed E-state index contributed by atoms with van der Waals surface area (Å²) < 4.78 is 0. The minimum Gasteiger partial charge on any atom is -0.308 e. The second-order valence-electron chi connectivity index (χ2n) is 5.94. The van der Waals surface area contributed by atoms with Gasteiger partial charge < -0.3 is 4.90 Å². The molecule has 0 amide bonds. The summed E-state index contributed by atoms with van der Waals surface area (Å²) in [7, 11) is 4.08. The molecular formula is C20H21N5. The van der Waals surface area contributed by atoms with E-state index >= 15 is 0 Å². The molecule has 0 atom stereocenters. The fourth-order valence-electron chi connectivity index (χ4n) is 2.34. The monoisotopic (exact) mass is 331 g/mol. The minimum absolute atomic E-state index is 0.757. The van der Waals surface area contributed by atoms with E-state index in [0.29, 0.717) is 0 Å². The van der Waals surface area contributed by atoms with Crippen LogP contribution in [0.2, 0.25) is 0 Å². The van der Waals surface area contributed by atoms with E-state index in [9.17, 15) is 0 Å². The molecule has 25 heavy (non-hydrogen) atoms. The summed E-state index contributed by atoms with van der Waals surface area (Å²) >= 11 is 0. The molecule has 0 saturated heterocycles. The van der Waals surface area contributed by atoms with Crippen LogP contribution in [0, 0.1) is 0 Å². The molecule has 126 valence electrons. The van der Waals surface area contributed by atoms with E-state index in [1.807, 2.05) is 68.8 Å². The number of hydrogen-bond acceptors (Lipinski definition) is 5. The quantitative estimate of drug-likeness (QED) is 0.651. The second kappa shape index (κ2) is 8.26. The predicted molar refractivity (Wildman–Crippen MR) is 102 cm³/mol. The number of pyridine rings is 3. The molecule has 3 rings (SSSR count). The van der Waals surface area contributed by atoms with Crippen molar-refractivity contribution in [1.29, 1.82) is 0 Å². The second-order valence-corrected chi connectivity index (χ2v) is 5.94. The Balaban J connectivity index is 1.97. The lowest BCUT2D eigenvalue weighted by Crippen LogP contribution is -2.15. The third kappa shape index (κ3) is 4.78. The largest absolute Gasteiger partial charge is 0.308 e. The standard InChI is InChI=1S/C20H21N5/c1-25(2)12-11-21-15-16-13-19(17-7-3-5-9-22-17)24-20(14-16)18-8-4-6-10-23-18/h3-10,13-15H,11-12H2,1-2H3. The molecule has 0 bridgehead atoms. The molecule has 0 aliphatic carbocycles. The smallest absolute Gasteiger partial charge is 0.0900 e. The van der Waals surface area contributed by atoms with Gasteiger partial charge in [0.1, 0.15) is 0 Å². The van der Waals surface area contributed by atoms with Crippen molar-refractivity contribution in [2.75, 3.05) is 27.2 Å². The Kier molecular flexibility index (Phi) is 5.59. The zero-order valence-electron chi connectivity index (χ0n) is 14.5. The van der Waals surface area contributed by atoms with Crippen molar-refractivity contribution in [3.63, 3.8) is 0 Å². The van der Waals surface area contributed by atoms with Crippen molar-refractivity contribution in [3.05, 3.63) is 66.5 Å². The van der Waals surface area contributed by atoms with Crippen molar-refractivity contribution < 1.29 is 0 Å². The van der Waals surface area contributed by atoms with Gasteiger partial charge in [-0.25, -0.2) is 4.98 Å². The average molecular weight is 331 g/mol. The van der Waals surface area contributed by atoms with Gasteiger partial charge in [-0.1, -0.05) is 12.1 Å². The topological polar surface area (TPSA) is 54.3 Å². The SMILES string of the molecule is CN(C)CCN=Cc1cc(-c2ccccn2)nc(-c2ccccn2)c1. The van der Waals surface area contributed by atoms with Crippen LogP contribution in [-0.2, 0) is 0 Å². The Morgan fingerprint density at radius 2 is 1.48 bits per heavy atom. The zero-order valence-corrected chi connectivity index (χ0v) is 14.5. The first-order chi connectivity index (χ1) is 12.2. The van der Waals surface area contributed by atoms with Crippen LogP contribution < -0.4 is 0 Å². The van der Waals surface area contributed by atoms with E-state index in [4.69, 9.17) is 4.98 Å². The highest BCUT2D eigenvalue weighted by Crippen LogP contribution is 2.21. The minimum atomic E-state index is 0.757. The molecule has 0 spiro atoms. The van der Waals surface area contributed by atoms with Gasteiger partial charge in [-0.15, -0.1) is 0 Å². The fraction of sp³-hybridized carbons (Fsp3) is 0.200. The van der Waals surface area contributed by atoms with Crippen LogP contribution in [0.5, 0.6) is 0 Å². The first kappa shape index (κ1) is 16.9. The van der Waals surface area contributed by atoms with Gasteiger partial charge in [-0.05, 0) is 56.1 Å². The maximum atomic E-state index is 4.74. The normalized spacial score (nSPS) is 11.3.